The average molecular weight is 250 g/mol. The predicted molar refractivity (Wildman–Crippen MR) is 66.9 cm³/mol. The molecule has 2 rings (SSSR count). The van der Waals surface area contributed by atoms with Crippen molar-refractivity contribution in [2.45, 2.75) is 38.2 Å². The molecule has 4 heteroatoms. The third kappa shape index (κ3) is 2.94. The van der Waals surface area contributed by atoms with Gasteiger partial charge in [0.1, 0.15) is 6.10 Å². The molecule has 0 saturated heterocycles. The summed E-state index contributed by atoms with van der Waals surface area (Å²) in [5.74, 6) is -0.0417. The van der Waals surface area contributed by atoms with Gasteiger partial charge in [-0.1, -0.05) is 6.42 Å². The molecular formula is C14H18O4. The van der Waals surface area contributed by atoms with Crippen molar-refractivity contribution in [2.24, 2.45) is 0 Å². The molecule has 1 aliphatic rings. The van der Waals surface area contributed by atoms with E-state index in [0.717, 1.165) is 25.7 Å². The minimum atomic E-state index is -0.347. The highest BCUT2D eigenvalue weighted by atomic mass is 16.5. The number of methoxy groups -OCH3 is 1. The zero-order valence-electron chi connectivity index (χ0n) is 10.5. The van der Waals surface area contributed by atoms with E-state index in [0.29, 0.717) is 5.56 Å². The summed E-state index contributed by atoms with van der Waals surface area (Å²) in [6.07, 6.45) is 5.39. The maximum atomic E-state index is 11.9. The molecular weight excluding hydrogens is 232 g/mol. The van der Waals surface area contributed by atoms with Gasteiger partial charge in [0.15, 0.2) is 11.5 Å². The molecule has 0 amide bonds. The van der Waals surface area contributed by atoms with Gasteiger partial charge in [-0.25, -0.2) is 4.79 Å². The lowest BCUT2D eigenvalue weighted by atomic mass is 9.98. The molecule has 1 N–H and O–H groups in total. The van der Waals surface area contributed by atoms with Gasteiger partial charge in [-0.3, -0.25) is 0 Å². The van der Waals surface area contributed by atoms with Crippen molar-refractivity contribution in [3.8, 4) is 11.5 Å². The number of phenolic OH excluding ortho intramolecular Hbond substituents is 1. The second-order valence-electron chi connectivity index (χ2n) is 4.55. The molecule has 18 heavy (non-hydrogen) atoms. The van der Waals surface area contributed by atoms with Gasteiger partial charge >= 0.3 is 5.97 Å². The van der Waals surface area contributed by atoms with Crippen molar-refractivity contribution < 1.29 is 19.4 Å². The summed E-state index contributed by atoms with van der Waals surface area (Å²) >= 11 is 0. The number of esters is 1. The molecule has 0 heterocycles. The number of carbonyl (C=O) groups excluding carboxylic acids is 1. The van der Waals surface area contributed by atoms with Gasteiger partial charge in [-0.15, -0.1) is 0 Å². The summed E-state index contributed by atoms with van der Waals surface area (Å²) in [7, 11) is 1.45. The SMILES string of the molecule is COc1cc(C(=O)OC2CCCCC2)ccc1O. The van der Waals surface area contributed by atoms with E-state index in [2.05, 4.69) is 0 Å². The Labute approximate surface area is 107 Å². The first kappa shape index (κ1) is 12.7. The topological polar surface area (TPSA) is 55.8 Å². The van der Waals surface area contributed by atoms with Crippen LogP contribution in [0.15, 0.2) is 18.2 Å². The number of hydrogen-bond donors (Lipinski definition) is 1. The fourth-order valence-electron chi connectivity index (χ4n) is 2.21. The number of hydrogen-bond acceptors (Lipinski definition) is 4. The van der Waals surface area contributed by atoms with Crippen LogP contribution in [0.4, 0.5) is 0 Å². The molecule has 0 unspecified atom stereocenters. The average Bonchev–Trinajstić information content (AvgIpc) is 2.40. The lowest BCUT2D eigenvalue weighted by molar-refractivity contribution is 0.0211. The Kier molecular flexibility index (Phi) is 4.07. The maximum Gasteiger partial charge on any atom is 0.338 e. The summed E-state index contributed by atoms with van der Waals surface area (Å²) in [5.41, 5.74) is 0.412. The molecule has 1 aliphatic carbocycles. The second kappa shape index (κ2) is 5.76. The van der Waals surface area contributed by atoms with E-state index >= 15 is 0 Å². The molecule has 1 aromatic carbocycles. The molecule has 0 bridgehead atoms. The van der Waals surface area contributed by atoms with E-state index in [1.54, 1.807) is 6.07 Å². The minimum Gasteiger partial charge on any atom is -0.504 e. The third-order valence-corrected chi connectivity index (χ3v) is 3.24. The molecule has 0 aromatic heterocycles. The number of carbonyl (C=O) groups is 1. The standard InChI is InChI=1S/C14H18O4/c1-17-13-9-10(7-8-12(13)15)14(16)18-11-5-3-2-4-6-11/h7-9,11,15H,2-6H2,1H3. The van der Waals surface area contributed by atoms with Gasteiger partial charge in [0.05, 0.1) is 12.7 Å². The van der Waals surface area contributed by atoms with E-state index in [1.807, 2.05) is 0 Å². The van der Waals surface area contributed by atoms with Crippen molar-refractivity contribution >= 4 is 5.97 Å². The normalized spacial score (nSPS) is 16.3. The first-order chi connectivity index (χ1) is 8.70. The summed E-state index contributed by atoms with van der Waals surface area (Å²) in [5, 5.41) is 9.46. The number of ether oxygens (including phenoxy) is 2. The monoisotopic (exact) mass is 250 g/mol. The Morgan fingerprint density at radius 1 is 1.28 bits per heavy atom. The fourth-order valence-corrected chi connectivity index (χ4v) is 2.21. The molecule has 0 atom stereocenters. The third-order valence-electron chi connectivity index (χ3n) is 3.24. The molecule has 0 spiro atoms. The summed E-state index contributed by atoms with van der Waals surface area (Å²) < 4.78 is 10.4. The maximum absolute atomic E-state index is 11.9. The van der Waals surface area contributed by atoms with Gasteiger partial charge in [-0.05, 0) is 43.9 Å². The summed E-state index contributed by atoms with van der Waals surface area (Å²) in [6.45, 7) is 0. The van der Waals surface area contributed by atoms with Crippen molar-refractivity contribution in [2.75, 3.05) is 7.11 Å². The molecule has 98 valence electrons. The van der Waals surface area contributed by atoms with Crippen LogP contribution in [0.2, 0.25) is 0 Å². The van der Waals surface area contributed by atoms with Crippen LogP contribution in [0.25, 0.3) is 0 Å². The van der Waals surface area contributed by atoms with Gasteiger partial charge < -0.3 is 14.6 Å². The van der Waals surface area contributed by atoms with Crippen molar-refractivity contribution in [3.63, 3.8) is 0 Å². The molecule has 0 aliphatic heterocycles. The second-order valence-corrected chi connectivity index (χ2v) is 4.55. The fraction of sp³-hybridized carbons (Fsp3) is 0.500. The molecule has 1 saturated carbocycles. The van der Waals surface area contributed by atoms with Crippen LogP contribution in [0.5, 0.6) is 11.5 Å². The van der Waals surface area contributed by atoms with E-state index < -0.39 is 0 Å². The Morgan fingerprint density at radius 3 is 2.67 bits per heavy atom. The highest BCUT2D eigenvalue weighted by Gasteiger charge is 2.19. The van der Waals surface area contributed by atoms with Gasteiger partial charge in [0.25, 0.3) is 0 Å². The van der Waals surface area contributed by atoms with Crippen molar-refractivity contribution in [1.82, 2.24) is 0 Å². The number of phenols is 1. The van der Waals surface area contributed by atoms with Gasteiger partial charge in [0, 0.05) is 0 Å². The van der Waals surface area contributed by atoms with Crippen LogP contribution in [0.3, 0.4) is 0 Å². The quantitative estimate of drug-likeness (QED) is 0.838. The van der Waals surface area contributed by atoms with E-state index in [9.17, 15) is 9.90 Å². The molecule has 0 radical (unpaired) electrons. The molecule has 4 nitrogen and oxygen atoms in total. The van der Waals surface area contributed by atoms with E-state index in [4.69, 9.17) is 9.47 Å². The van der Waals surface area contributed by atoms with Crippen LogP contribution in [-0.4, -0.2) is 24.3 Å². The molecule has 1 fully saturated rings. The highest BCUT2D eigenvalue weighted by molar-refractivity contribution is 5.90. The van der Waals surface area contributed by atoms with Crippen LogP contribution in [0.1, 0.15) is 42.5 Å². The lowest BCUT2D eigenvalue weighted by Crippen LogP contribution is -2.20. The zero-order chi connectivity index (χ0) is 13.0. The Morgan fingerprint density at radius 2 is 2.00 bits per heavy atom. The Bertz CT molecular complexity index is 422. The predicted octanol–water partition coefficient (Wildman–Crippen LogP) is 2.89. The van der Waals surface area contributed by atoms with Crippen LogP contribution in [0, 0.1) is 0 Å². The first-order valence-corrected chi connectivity index (χ1v) is 6.28. The van der Waals surface area contributed by atoms with E-state index in [1.165, 1.54) is 25.7 Å². The van der Waals surface area contributed by atoms with Crippen LogP contribution < -0.4 is 4.74 Å². The van der Waals surface area contributed by atoms with Gasteiger partial charge in [0.2, 0.25) is 0 Å². The van der Waals surface area contributed by atoms with Crippen LogP contribution in [-0.2, 0) is 4.74 Å². The zero-order valence-corrected chi connectivity index (χ0v) is 10.5. The number of aromatic hydroxyl groups is 1. The minimum absolute atomic E-state index is 0.0201. The van der Waals surface area contributed by atoms with Gasteiger partial charge in [-0.2, -0.15) is 0 Å². The van der Waals surface area contributed by atoms with Crippen LogP contribution >= 0.6 is 0 Å². The molecule has 1 aromatic rings. The van der Waals surface area contributed by atoms with Crippen molar-refractivity contribution in [1.29, 1.82) is 0 Å². The summed E-state index contributed by atoms with van der Waals surface area (Å²) in [4.78, 5) is 11.9. The Balaban J connectivity index is 2.03. The number of rotatable bonds is 3. The van der Waals surface area contributed by atoms with Crippen molar-refractivity contribution in [3.05, 3.63) is 23.8 Å². The summed E-state index contributed by atoms with van der Waals surface area (Å²) in [6, 6.07) is 4.49. The number of benzene rings is 1. The Hall–Kier alpha value is -1.71. The van der Waals surface area contributed by atoms with E-state index in [-0.39, 0.29) is 23.6 Å². The first-order valence-electron chi connectivity index (χ1n) is 6.28. The lowest BCUT2D eigenvalue weighted by Gasteiger charge is -2.21. The largest absolute Gasteiger partial charge is 0.504 e. The smallest absolute Gasteiger partial charge is 0.338 e. The highest BCUT2D eigenvalue weighted by Crippen LogP contribution is 2.27.